The van der Waals surface area contributed by atoms with E-state index in [1.807, 2.05) is 12.1 Å². The first-order valence-corrected chi connectivity index (χ1v) is 5.17. The van der Waals surface area contributed by atoms with Gasteiger partial charge in [-0.05, 0) is 23.6 Å². The molecule has 0 saturated carbocycles. The van der Waals surface area contributed by atoms with Crippen LogP contribution in [-0.4, -0.2) is 19.8 Å². The Morgan fingerprint density at radius 3 is 2.00 bits per heavy atom. The Morgan fingerprint density at radius 2 is 1.62 bits per heavy atom. The first-order valence-electron chi connectivity index (χ1n) is 5.17. The summed E-state index contributed by atoms with van der Waals surface area (Å²) in [5.74, 6) is 0.391. The van der Waals surface area contributed by atoms with E-state index in [0.29, 0.717) is 11.6 Å². The monoisotopic (exact) mass is 231 g/mol. The summed E-state index contributed by atoms with van der Waals surface area (Å²) in [4.78, 5) is 1.20. The van der Waals surface area contributed by atoms with E-state index in [-0.39, 0.29) is 0 Å². The van der Waals surface area contributed by atoms with Crippen LogP contribution in [0.5, 0.6) is 0 Å². The number of benzene rings is 1. The molecule has 0 amide bonds. The lowest BCUT2D eigenvalue weighted by molar-refractivity contribution is -0.119. The van der Waals surface area contributed by atoms with Gasteiger partial charge in [0, 0.05) is 12.7 Å². The van der Waals surface area contributed by atoms with Crippen LogP contribution in [0.2, 0.25) is 0 Å². The second kappa shape index (κ2) is 4.76. The van der Waals surface area contributed by atoms with Gasteiger partial charge in [0.25, 0.3) is 0 Å². The van der Waals surface area contributed by atoms with Crippen molar-refractivity contribution in [2.24, 2.45) is 0 Å². The van der Waals surface area contributed by atoms with Crippen LogP contribution in [0.15, 0.2) is 24.3 Å². The standard InChI is InChI=1S/C12H16F3N/c1-9(2)10-4-6-11(7-5-10)16(3)8-12(13,14)15/h4-7,9H,8H2,1-3H3. The van der Waals surface area contributed by atoms with E-state index in [2.05, 4.69) is 13.8 Å². The Bertz CT molecular complexity index is 327. The molecule has 0 fully saturated rings. The highest BCUT2D eigenvalue weighted by Crippen LogP contribution is 2.22. The van der Waals surface area contributed by atoms with Gasteiger partial charge < -0.3 is 4.90 Å². The van der Waals surface area contributed by atoms with Crippen molar-refractivity contribution in [3.8, 4) is 0 Å². The number of hydrogen-bond donors (Lipinski definition) is 0. The van der Waals surface area contributed by atoms with Crippen molar-refractivity contribution in [1.29, 1.82) is 0 Å². The second-order valence-electron chi connectivity index (χ2n) is 4.22. The van der Waals surface area contributed by atoms with Gasteiger partial charge in [0.1, 0.15) is 6.54 Å². The third-order valence-corrected chi connectivity index (χ3v) is 2.42. The second-order valence-corrected chi connectivity index (χ2v) is 4.22. The van der Waals surface area contributed by atoms with Crippen molar-refractivity contribution >= 4 is 5.69 Å². The summed E-state index contributed by atoms with van der Waals surface area (Å²) in [5, 5.41) is 0. The van der Waals surface area contributed by atoms with Crippen molar-refractivity contribution in [2.45, 2.75) is 25.9 Å². The molecule has 0 aromatic heterocycles. The van der Waals surface area contributed by atoms with Gasteiger partial charge in [0.2, 0.25) is 0 Å². The molecular formula is C12H16F3N. The van der Waals surface area contributed by atoms with Crippen LogP contribution in [0, 0.1) is 0 Å². The Kier molecular flexibility index (Phi) is 3.83. The van der Waals surface area contributed by atoms with Gasteiger partial charge in [-0.15, -0.1) is 0 Å². The van der Waals surface area contributed by atoms with Gasteiger partial charge in [0.15, 0.2) is 0 Å². The van der Waals surface area contributed by atoms with Gasteiger partial charge in [-0.1, -0.05) is 26.0 Å². The van der Waals surface area contributed by atoms with Gasteiger partial charge >= 0.3 is 6.18 Å². The van der Waals surface area contributed by atoms with Crippen LogP contribution in [0.25, 0.3) is 0 Å². The summed E-state index contributed by atoms with van der Waals surface area (Å²) in [5.41, 5.74) is 1.71. The third kappa shape index (κ3) is 3.76. The molecule has 1 rings (SSSR count). The molecule has 0 aliphatic carbocycles. The van der Waals surface area contributed by atoms with Gasteiger partial charge in [-0.2, -0.15) is 13.2 Å². The Balaban J connectivity index is 2.74. The molecule has 1 aromatic rings. The summed E-state index contributed by atoms with van der Waals surface area (Å²) in [6, 6.07) is 7.18. The van der Waals surface area contributed by atoms with E-state index in [9.17, 15) is 13.2 Å². The molecule has 0 heterocycles. The van der Waals surface area contributed by atoms with Crippen LogP contribution < -0.4 is 4.90 Å². The average molecular weight is 231 g/mol. The SMILES string of the molecule is CC(C)c1ccc(N(C)CC(F)(F)F)cc1. The molecule has 0 aliphatic heterocycles. The Labute approximate surface area is 93.9 Å². The topological polar surface area (TPSA) is 3.24 Å². The lowest BCUT2D eigenvalue weighted by atomic mass is 10.0. The molecule has 16 heavy (non-hydrogen) atoms. The van der Waals surface area contributed by atoms with Gasteiger partial charge in [-0.25, -0.2) is 0 Å². The number of alkyl halides is 3. The van der Waals surface area contributed by atoms with E-state index in [1.165, 1.54) is 11.9 Å². The molecule has 90 valence electrons. The van der Waals surface area contributed by atoms with Crippen molar-refractivity contribution in [1.82, 2.24) is 0 Å². The quantitative estimate of drug-likeness (QED) is 0.764. The maximum absolute atomic E-state index is 12.2. The predicted molar refractivity (Wildman–Crippen MR) is 59.9 cm³/mol. The minimum absolute atomic E-state index is 0.391. The van der Waals surface area contributed by atoms with Crippen molar-refractivity contribution in [3.05, 3.63) is 29.8 Å². The summed E-state index contributed by atoms with van der Waals surface area (Å²) < 4.78 is 36.5. The fourth-order valence-electron chi connectivity index (χ4n) is 1.47. The lowest BCUT2D eigenvalue weighted by Gasteiger charge is -2.21. The summed E-state index contributed by atoms with van der Waals surface area (Å²) in [7, 11) is 1.44. The van der Waals surface area contributed by atoms with Crippen LogP contribution in [0.1, 0.15) is 25.3 Å². The Hall–Kier alpha value is -1.19. The molecular weight excluding hydrogens is 215 g/mol. The summed E-state index contributed by atoms with van der Waals surface area (Å²) in [6.07, 6.45) is -4.16. The Morgan fingerprint density at radius 1 is 1.12 bits per heavy atom. The molecule has 0 unspecified atom stereocenters. The molecule has 1 nitrogen and oxygen atoms in total. The summed E-state index contributed by atoms with van der Waals surface area (Å²) >= 11 is 0. The van der Waals surface area contributed by atoms with E-state index in [1.54, 1.807) is 12.1 Å². The molecule has 1 aromatic carbocycles. The maximum atomic E-state index is 12.2. The fraction of sp³-hybridized carbons (Fsp3) is 0.500. The fourth-order valence-corrected chi connectivity index (χ4v) is 1.47. The van der Waals surface area contributed by atoms with E-state index in [0.717, 1.165) is 5.56 Å². The average Bonchev–Trinajstić information content (AvgIpc) is 2.15. The largest absolute Gasteiger partial charge is 0.405 e. The van der Waals surface area contributed by atoms with Crippen LogP contribution in [0.3, 0.4) is 0 Å². The predicted octanol–water partition coefficient (Wildman–Crippen LogP) is 3.81. The van der Waals surface area contributed by atoms with Crippen LogP contribution in [-0.2, 0) is 0 Å². The molecule has 0 radical (unpaired) electrons. The highest BCUT2D eigenvalue weighted by molar-refractivity contribution is 5.47. The highest BCUT2D eigenvalue weighted by Gasteiger charge is 2.29. The number of hydrogen-bond acceptors (Lipinski definition) is 1. The zero-order valence-electron chi connectivity index (χ0n) is 9.67. The first kappa shape index (κ1) is 12.9. The van der Waals surface area contributed by atoms with E-state index >= 15 is 0 Å². The third-order valence-electron chi connectivity index (χ3n) is 2.42. The van der Waals surface area contributed by atoms with Crippen LogP contribution in [0.4, 0.5) is 18.9 Å². The first-order chi connectivity index (χ1) is 7.29. The van der Waals surface area contributed by atoms with Crippen molar-refractivity contribution < 1.29 is 13.2 Å². The van der Waals surface area contributed by atoms with E-state index < -0.39 is 12.7 Å². The molecule has 0 saturated heterocycles. The van der Waals surface area contributed by atoms with Crippen molar-refractivity contribution in [3.63, 3.8) is 0 Å². The normalized spacial score (nSPS) is 11.9. The molecule has 0 atom stereocenters. The zero-order valence-corrected chi connectivity index (χ0v) is 9.67. The number of rotatable bonds is 3. The number of halogens is 3. The maximum Gasteiger partial charge on any atom is 0.405 e. The molecule has 0 spiro atoms. The lowest BCUT2D eigenvalue weighted by Crippen LogP contribution is -2.30. The molecule has 4 heteroatoms. The minimum atomic E-state index is -4.16. The van der Waals surface area contributed by atoms with E-state index in [4.69, 9.17) is 0 Å². The van der Waals surface area contributed by atoms with Crippen LogP contribution >= 0.6 is 0 Å². The molecule has 0 N–H and O–H groups in total. The number of anilines is 1. The summed E-state index contributed by atoms with van der Waals surface area (Å²) in [6.45, 7) is 3.18. The molecule has 0 bridgehead atoms. The highest BCUT2D eigenvalue weighted by atomic mass is 19.4. The van der Waals surface area contributed by atoms with Gasteiger partial charge in [0.05, 0.1) is 0 Å². The zero-order chi connectivity index (χ0) is 12.3. The minimum Gasteiger partial charge on any atom is -0.366 e. The van der Waals surface area contributed by atoms with Gasteiger partial charge in [-0.3, -0.25) is 0 Å². The molecule has 0 aliphatic rings. The van der Waals surface area contributed by atoms with Crippen molar-refractivity contribution in [2.75, 3.05) is 18.5 Å². The smallest absolute Gasteiger partial charge is 0.366 e. The number of nitrogens with zero attached hydrogens (tertiary/aromatic N) is 1.